The first-order valence-corrected chi connectivity index (χ1v) is 13.6. The second-order valence-corrected chi connectivity index (χ2v) is 11.1. The Bertz CT molecular complexity index is 1460. The fourth-order valence-electron chi connectivity index (χ4n) is 6.03. The van der Waals surface area contributed by atoms with Crippen LogP contribution in [0.3, 0.4) is 0 Å². The molecule has 0 radical (unpaired) electrons. The second kappa shape index (κ2) is 8.75. The summed E-state index contributed by atoms with van der Waals surface area (Å²) >= 11 is 3.68. The van der Waals surface area contributed by atoms with Crippen molar-refractivity contribution in [2.75, 3.05) is 13.1 Å². The monoisotopic (exact) mass is 537 g/mol. The van der Waals surface area contributed by atoms with E-state index < -0.39 is 5.72 Å². The maximum Gasteiger partial charge on any atom is 0.200 e. The number of fused-ring (bicyclic) bond motifs is 5. The number of rotatable bonds is 3. The van der Waals surface area contributed by atoms with Crippen molar-refractivity contribution in [3.63, 3.8) is 0 Å². The molecule has 4 aromatic carbocycles. The van der Waals surface area contributed by atoms with Gasteiger partial charge in [0, 0.05) is 48.9 Å². The van der Waals surface area contributed by atoms with Gasteiger partial charge in [-0.15, -0.1) is 0 Å². The van der Waals surface area contributed by atoms with Gasteiger partial charge in [-0.05, 0) is 46.2 Å². The molecule has 5 heteroatoms. The Labute approximate surface area is 220 Å². The van der Waals surface area contributed by atoms with Gasteiger partial charge in [0.05, 0.1) is 11.8 Å². The van der Waals surface area contributed by atoms with Gasteiger partial charge in [-0.3, -0.25) is 4.90 Å². The molecule has 1 saturated heterocycles. The third kappa shape index (κ3) is 3.82. The fourth-order valence-corrected chi connectivity index (χ4v) is 6.41. The van der Waals surface area contributed by atoms with Gasteiger partial charge in [-0.1, -0.05) is 82.7 Å². The first-order valence-electron chi connectivity index (χ1n) is 12.8. The summed E-state index contributed by atoms with van der Waals surface area (Å²) in [6.07, 6.45) is 2.75. The summed E-state index contributed by atoms with van der Waals surface area (Å²) in [5, 5.41) is 10.1. The van der Waals surface area contributed by atoms with Crippen LogP contribution in [0.4, 0.5) is 0 Å². The van der Waals surface area contributed by atoms with E-state index in [9.17, 15) is 0 Å². The minimum atomic E-state index is -0.405. The lowest BCUT2D eigenvalue weighted by Crippen LogP contribution is -2.59. The summed E-state index contributed by atoms with van der Waals surface area (Å²) in [4.78, 5) is 2.54. The van der Waals surface area contributed by atoms with Gasteiger partial charge in [-0.2, -0.15) is 5.10 Å². The third-order valence-corrected chi connectivity index (χ3v) is 8.42. The molecule has 3 aliphatic rings. The number of likely N-dealkylation sites (tertiary alicyclic amines) is 1. The zero-order valence-corrected chi connectivity index (χ0v) is 21.7. The van der Waals surface area contributed by atoms with Crippen LogP contribution in [0.25, 0.3) is 10.8 Å². The Morgan fingerprint density at radius 1 is 0.861 bits per heavy atom. The quantitative estimate of drug-likeness (QED) is 0.278. The van der Waals surface area contributed by atoms with E-state index in [4.69, 9.17) is 9.84 Å². The molecule has 0 saturated carbocycles. The Morgan fingerprint density at radius 2 is 1.64 bits per heavy atom. The Balaban J connectivity index is 1.22. The summed E-state index contributed by atoms with van der Waals surface area (Å²) in [6, 6.07) is 32.6. The van der Waals surface area contributed by atoms with E-state index in [0.29, 0.717) is 0 Å². The highest BCUT2D eigenvalue weighted by atomic mass is 79.9. The van der Waals surface area contributed by atoms with Crippen LogP contribution in [0.2, 0.25) is 0 Å². The zero-order chi connectivity index (χ0) is 24.1. The van der Waals surface area contributed by atoms with Crippen LogP contribution in [-0.2, 0) is 6.54 Å². The maximum absolute atomic E-state index is 6.85. The van der Waals surface area contributed by atoms with Gasteiger partial charge < -0.3 is 4.74 Å². The summed E-state index contributed by atoms with van der Waals surface area (Å²) in [6.45, 7) is 2.96. The van der Waals surface area contributed by atoms with Crippen LogP contribution in [-0.4, -0.2) is 34.4 Å². The highest BCUT2D eigenvalue weighted by Gasteiger charge is 2.51. The summed E-state index contributed by atoms with van der Waals surface area (Å²) < 4.78 is 7.93. The van der Waals surface area contributed by atoms with Gasteiger partial charge in [0.1, 0.15) is 5.75 Å². The fraction of sp³-hybridized carbons (Fsp3) is 0.258. The van der Waals surface area contributed by atoms with E-state index in [1.807, 2.05) is 0 Å². The third-order valence-electron chi connectivity index (χ3n) is 7.93. The molecule has 4 nitrogen and oxygen atoms in total. The van der Waals surface area contributed by atoms with Crippen LogP contribution in [0.5, 0.6) is 5.75 Å². The SMILES string of the molecule is Brc1ccc2c(c1)[C@H]1CC(c3ccc4ccccc4c3)=NN1C1(CCN(Cc3ccccc3)CC1)O2. The lowest BCUT2D eigenvalue weighted by atomic mass is 9.90. The lowest BCUT2D eigenvalue weighted by Gasteiger charge is -2.51. The Morgan fingerprint density at radius 3 is 2.47 bits per heavy atom. The number of ether oxygens (including phenoxy) is 1. The molecule has 1 fully saturated rings. The molecule has 180 valence electrons. The molecule has 4 aromatic rings. The van der Waals surface area contributed by atoms with Crippen molar-refractivity contribution in [2.24, 2.45) is 5.10 Å². The molecular formula is C31H28BrN3O. The molecular weight excluding hydrogens is 510 g/mol. The van der Waals surface area contributed by atoms with E-state index in [1.54, 1.807) is 0 Å². The first kappa shape index (κ1) is 22.1. The molecule has 1 spiro atoms. The van der Waals surface area contributed by atoms with Gasteiger partial charge in [0.25, 0.3) is 0 Å². The number of piperidine rings is 1. The number of hydrazone groups is 1. The van der Waals surface area contributed by atoms with E-state index in [1.165, 1.54) is 27.5 Å². The van der Waals surface area contributed by atoms with Gasteiger partial charge in [0.2, 0.25) is 5.72 Å². The van der Waals surface area contributed by atoms with Crippen molar-refractivity contribution >= 4 is 32.4 Å². The molecule has 7 rings (SSSR count). The van der Waals surface area contributed by atoms with Crippen LogP contribution in [0.1, 0.15) is 42.0 Å². The second-order valence-electron chi connectivity index (χ2n) is 10.2. The zero-order valence-electron chi connectivity index (χ0n) is 20.1. The first-order chi connectivity index (χ1) is 17.7. The average Bonchev–Trinajstić information content (AvgIpc) is 3.38. The number of benzene rings is 4. The molecule has 3 aliphatic heterocycles. The Kier molecular flexibility index (Phi) is 5.37. The summed E-state index contributed by atoms with van der Waals surface area (Å²) in [5.74, 6) is 1.01. The number of hydrogen-bond acceptors (Lipinski definition) is 4. The lowest BCUT2D eigenvalue weighted by molar-refractivity contribution is -0.150. The molecule has 0 unspecified atom stereocenters. The minimum Gasteiger partial charge on any atom is -0.466 e. The average molecular weight is 538 g/mol. The van der Waals surface area contributed by atoms with Crippen LogP contribution in [0.15, 0.2) is 101 Å². The van der Waals surface area contributed by atoms with Crippen LogP contribution >= 0.6 is 15.9 Å². The van der Waals surface area contributed by atoms with Crippen molar-refractivity contribution in [3.8, 4) is 5.75 Å². The maximum atomic E-state index is 6.85. The van der Waals surface area contributed by atoms with Gasteiger partial charge in [0.15, 0.2) is 0 Å². The Hall–Kier alpha value is -3.15. The van der Waals surface area contributed by atoms with Gasteiger partial charge in [-0.25, -0.2) is 5.01 Å². The molecule has 3 heterocycles. The van der Waals surface area contributed by atoms with Crippen molar-refractivity contribution in [1.82, 2.24) is 9.91 Å². The van der Waals surface area contributed by atoms with Crippen molar-refractivity contribution < 1.29 is 4.74 Å². The molecule has 0 aromatic heterocycles. The highest BCUT2D eigenvalue weighted by Crippen LogP contribution is 2.50. The predicted molar refractivity (Wildman–Crippen MR) is 148 cm³/mol. The number of hydrogen-bond donors (Lipinski definition) is 0. The smallest absolute Gasteiger partial charge is 0.200 e. The minimum absolute atomic E-state index is 0.188. The highest BCUT2D eigenvalue weighted by molar-refractivity contribution is 9.10. The predicted octanol–water partition coefficient (Wildman–Crippen LogP) is 7.14. The number of nitrogens with zero attached hydrogens (tertiary/aromatic N) is 3. The van der Waals surface area contributed by atoms with E-state index in [-0.39, 0.29) is 6.04 Å². The van der Waals surface area contributed by atoms with Gasteiger partial charge >= 0.3 is 0 Å². The normalized spacial score (nSPS) is 20.6. The van der Waals surface area contributed by atoms with Crippen LogP contribution in [0, 0.1) is 0 Å². The standard InChI is InChI=1S/C31H28BrN3O/c32-26-12-13-30-27(19-26)29-20-28(25-11-10-23-8-4-5-9-24(23)18-25)33-35(29)31(36-30)14-16-34(17-15-31)21-22-6-2-1-3-7-22/h1-13,18-19,29H,14-17,20-21H2/t29-/m1/s1. The molecule has 0 amide bonds. The number of halogens is 1. The summed E-state index contributed by atoms with van der Waals surface area (Å²) in [7, 11) is 0. The van der Waals surface area contributed by atoms with E-state index in [0.717, 1.165) is 54.8 Å². The molecule has 0 bridgehead atoms. The van der Waals surface area contributed by atoms with Crippen molar-refractivity contribution in [3.05, 3.63) is 112 Å². The summed E-state index contributed by atoms with van der Waals surface area (Å²) in [5.41, 5.74) is 4.53. The largest absolute Gasteiger partial charge is 0.466 e. The molecule has 36 heavy (non-hydrogen) atoms. The molecule has 0 aliphatic carbocycles. The van der Waals surface area contributed by atoms with Crippen molar-refractivity contribution in [1.29, 1.82) is 0 Å². The topological polar surface area (TPSA) is 28.1 Å². The van der Waals surface area contributed by atoms with Crippen molar-refractivity contribution in [2.45, 2.75) is 37.6 Å². The van der Waals surface area contributed by atoms with Crippen LogP contribution < -0.4 is 4.74 Å². The van der Waals surface area contributed by atoms with E-state index >= 15 is 0 Å². The van der Waals surface area contributed by atoms with E-state index in [2.05, 4.69) is 117 Å². The molecule has 1 atom stereocenters. The molecule has 0 N–H and O–H groups in total.